The molecule has 0 spiro atoms. The lowest BCUT2D eigenvalue weighted by Gasteiger charge is -2.33. The average molecular weight is 386 g/mol. The van der Waals surface area contributed by atoms with Crippen LogP contribution in [0.25, 0.3) is 21.9 Å². The quantitative estimate of drug-likeness (QED) is 0.567. The summed E-state index contributed by atoms with van der Waals surface area (Å²) in [5, 5.41) is 5.16. The smallest absolute Gasteiger partial charge is 0.279 e. The van der Waals surface area contributed by atoms with E-state index in [-0.39, 0.29) is 5.91 Å². The van der Waals surface area contributed by atoms with Crippen LogP contribution in [0.4, 0.5) is 11.4 Å². The molecule has 1 aliphatic heterocycles. The van der Waals surface area contributed by atoms with Gasteiger partial charge in [0, 0.05) is 22.1 Å². The Labute approximate surface area is 169 Å². The van der Waals surface area contributed by atoms with Gasteiger partial charge >= 0.3 is 0 Å². The van der Waals surface area contributed by atoms with Crippen molar-refractivity contribution in [2.45, 2.75) is 0 Å². The van der Waals surface area contributed by atoms with Crippen molar-refractivity contribution in [3.63, 3.8) is 0 Å². The summed E-state index contributed by atoms with van der Waals surface area (Å²) < 4.78 is 5.86. The first-order chi connectivity index (χ1) is 14.3. The van der Waals surface area contributed by atoms with Gasteiger partial charge in [0.05, 0.1) is 26.2 Å². The minimum atomic E-state index is 0.0558. The van der Waals surface area contributed by atoms with Gasteiger partial charge in [0.2, 0.25) is 0 Å². The number of para-hydroxylation sites is 2. The molecule has 2 heterocycles. The van der Waals surface area contributed by atoms with Gasteiger partial charge < -0.3 is 19.5 Å². The van der Waals surface area contributed by atoms with Crippen LogP contribution in [-0.4, -0.2) is 38.6 Å². The number of hydrogen-bond donors (Lipinski definition) is 2. The van der Waals surface area contributed by atoms with Crippen molar-refractivity contribution in [2.24, 2.45) is 0 Å². The molecule has 5 nitrogen and oxygen atoms in total. The third-order valence-electron chi connectivity index (χ3n) is 5.66. The van der Waals surface area contributed by atoms with E-state index >= 15 is 0 Å². The number of piperazine rings is 1. The highest BCUT2D eigenvalue weighted by Gasteiger charge is 2.22. The van der Waals surface area contributed by atoms with Gasteiger partial charge in [0.15, 0.2) is 6.54 Å². The Morgan fingerprint density at radius 3 is 2.45 bits per heavy atom. The molecule has 1 fully saturated rings. The number of fused-ring (bicyclic) bond motifs is 3. The maximum Gasteiger partial charge on any atom is 0.279 e. The molecule has 5 rings (SSSR count). The predicted molar refractivity (Wildman–Crippen MR) is 117 cm³/mol. The van der Waals surface area contributed by atoms with Crippen molar-refractivity contribution in [1.29, 1.82) is 0 Å². The average Bonchev–Trinajstić information content (AvgIpc) is 3.13. The molecular weight excluding hydrogens is 362 g/mol. The van der Waals surface area contributed by atoms with Crippen molar-refractivity contribution >= 4 is 39.2 Å². The molecule has 0 aliphatic carbocycles. The highest BCUT2D eigenvalue weighted by atomic mass is 16.3. The van der Waals surface area contributed by atoms with E-state index in [0.29, 0.717) is 6.54 Å². The molecule has 0 atom stereocenters. The summed E-state index contributed by atoms with van der Waals surface area (Å²) in [6.45, 7) is 4.37. The van der Waals surface area contributed by atoms with Crippen LogP contribution >= 0.6 is 0 Å². The molecule has 2 N–H and O–H groups in total. The molecule has 4 aromatic rings. The number of nitrogens with zero attached hydrogens (tertiary/aromatic N) is 1. The first kappa shape index (κ1) is 17.8. The van der Waals surface area contributed by atoms with Crippen LogP contribution in [0.5, 0.6) is 0 Å². The Morgan fingerprint density at radius 1 is 0.897 bits per heavy atom. The van der Waals surface area contributed by atoms with Gasteiger partial charge in [0.1, 0.15) is 11.2 Å². The minimum Gasteiger partial charge on any atom is -0.456 e. The largest absolute Gasteiger partial charge is 0.456 e. The van der Waals surface area contributed by atoms with Gasteiger partial charge in [-0.05, 0) is 36.4 Å². The molecule has 29 heavy (non-hydrogen) atoms. The zero-order valence-electron chi connectivity index (χ0n) is 16.2. The first-order valence-electron chi connectivity index (χ1n) is 10.1. The Morgan fingerprint density at radius 2 is 1.62 bits per heavy atom. The van der Waals surface area contributed by atoms with Crippen molar-refractivity contribution < 1.29 is 14.1 Å². The first-order valence-corrected chi connectivity index (χ1v) is 10.1. The number of carbonyl (C=O) groups is 1. The Kier molecular flexibility index (Phi) is 4.66. The topological polar surface area (TPSA) is 49.9 Å². The molecule has 5 heteroatoms. The maximum absolute atomic E-state index is 12.6. The highest BCUT2D eigenvalue weighted by Crippen LogP contribution is 2.30. The minimum absolute atomic E-state index is 0.0558. The van der Waals surface area contributed by atoms with Crippen molar-refractivity contribution in [3.8, 4) is 0 Å². The number of benzene rings is 3. The molecule has 0 saturated carbocycles. The third kappa shape index (κ3) is 3.69. The lowest BCUT2D eigenvalue weighted by molar-refractivity contribution is -0.892. The van der Waals surface area contributed by atoms with Crippen molar-refractivity contribution in [3.05, 3.63) is 72.8 Å². The zero-order chi connectivity index (χ0) is 19.6. The van der Waals surface area contributed by atoms with Crippen molar-refractivity contribution in [1.82, 2.24) is 0 Å². The van der Waals surface area contributed by atoms with E-state index in [0.717, 1.165) is 53.8 Å². The number of rotatable bonds is 4. The fourth-order valence-corrected chi connectivity index (χ4v) is 4.13. The van der Waals surface area contributed by atoms with Crippen LogP contribution in [0.3, 0.4) is 0 Å². The molecule has 3 aromatic carbocycles. The van der Waals surface area contributed by atoms with Crippen LogP contribution < -0.4 is 15.1 Å². The monoisotopic (exact) mass is 386 g/mol. The van der Waals surface area contributed by atoms with E-state index in [1.807, 2.05) is 48.5 Å². The summed E-state index contributed by atoms with van der Waals surface area (Å²) >= 11 is 0. The van der Waals surface area contributed by atoms with Crippen LogP contribution in [0.1, 0.15) is 0 Å². The van der Waals surface area contributed by atoms with Crippen LogP contribution in [0.2, 0.25) is 0 Å². The summed E-state index contributed by atoms with van der Waals surface area (Å²) in [5.41, 5.74) is 3.78. The number of quaternary nitrogens is 1. The number of furan rings is 1. The maximum atomic E-state index is 12.6. The Balaban J connectivity index is 1.22. The van der Waals surface area contributed by atoms with Crippen molar-refractivity contribution in [2.75, 3.05) is 42.9 Å². The SMILES string of the molecule is O=C(C[NH+]1CCN(c2ccccc2)CC1)Nc1ccc2oc3ccccc3c2c1. The number of nitrogens with one attached hydrogen (secondary N) is 2. The van der Waals surface area contributed by atoms with E-state index in [2.05, 4.69) is 34.5 Å². The Hall–Kier alpha value is -3.31. The molecule has 1 aromatic heterocycles. The molecular formula is C24H24N3O2+. The second-order valence-electron chi connectivity index (χ2n) is 7.61. The van der Waals surface area contributed by atoms with Gasteiger partial charge in [0.25, 0.3) is 5.91 Å². The highest BCUT2D eigenvalue weighted by molar-refractivity contribution is 6.06. The number of carbonyl (C=O) groups excluding carboxylic acids is 1. The zero-order valence-corrected chi connectivity index (χ0v) is 16.2. The molecule has 0 radical (unpaired) electrons. The molecule has 1 amide bonds. The molecule has 0 bridgehead atoms. The van der Waals surface area contributed by atoms with Crippen LogP contribution in [-0.2, 0) is 4.79 Å². The summed E-state index contributed by atoms with van der Waals surface area (Å²) in [4.78, 5) is 16.3. The summed E-state index contributed by atoms with van der Waals surface area (Å²) in [7, 11) is 0. The second-order valence-corrected chi connectivity index (χ2v) is 7.61. The van der Waals surface area contributed by atoms with Gasteiger partial charge in [-0.25, -0.2) is 0 Å². The summed E-state index contributed by atoms with van der Waals surface area (Å²) in [5.74, 6) is 0.0558. The summed E-state index contributed by atoms with van der Waals surface area (Å²) in [6.07, 6.45) is 0. The fraction of sp³-hybridized carbons (Fsp3) is 0.208. The standard InChI is InChI=1S/C24H23N3O2/c28-24(17-26-12-14-27(15-13-26)19-6-2-1-3-7-19)25-18-10-11-23-21(16-18)20-8-4-5-9-22(20)29-23/h1-11,16H,12-15,17H2,(H,25,28)/p+1. The lowest BCUT2D eigenvalue weighted by Crippen LogP contribution is -3.15. The van der Waals surface area contributed by atoms with Gasteiger partial charge in [-0.2, -0.15) is 0 Å². The van der Waals surface area contributed by atoms with E-state index in [1.54, 1.807) is 0 Å². The number of hydrogen-bond acceptors (Lipinski definition) is 3. The van der Waals surface area contributed by atoms with Gasteiger partial charge in [-0.1, -0.05) is 36.4 Å². The third-order valence-corrected chi connectivity index (χ3v) is 5.66. The predicted octanol–water partition coefficient (Wildman–Crippen LogP) is 2.93. The molecule has 1 aliphatic rings. The normalized spacial score (nSPS) is 15.1. The fourth-order valence-electron chi connectivity index (χ4n) is 4.13. The Bertz CT molecular complexity index is 1140. The summed E-state index contributed by atoms with van der Waals surface area (Å²) in [6, 6.07) is 24.3. The lowest BCUT2D eigenvalue weighted by atomic mass is 10.1. The number of amides is 1. The molecule has 146 valence electrons. The molecule has 0 unspecified atom stereocenters. The van der Waals surface area contributed by atoms with Gasteiger partial charge in [-0.15, -0.1) is 0 Å². The van der Waals surface area contributed by atoms with Crippen LogP contribution in [0, 0.1) is 0 Å². The van der Waals surface area contributed by atoms with E-state index < -0.39 is 0 Å². The number of anilines is 2. The molecule has 1 saturated heterocycles. The van der Waals surface area contributed by atoms with E-state index in [4.69, 9.17) is 4.42 Å². The van der Waals surface area contributed by atoms with E-state index in [9.17, 15) is 4.79 Å². The van der Waals surface area contributed by atoms with Gasteiger partial charge in [-0.3, -0.25) is 4.79 Å². The van der Waals surface area contributed by atoms with E-state index in [1.165, 1.54) is 10.6 Å². The second kappa shape index (κ2) is 7.60. The van der Waals surface area contributed by atoms with Crippen LogP contribution in [0.15, 0.2) is 77.2 Å².